The van der Waals surface area contributed by atoms with Crippen LogP contribution in [0, 0.1) is 19.8 Å². The highest BCUT2D eigenvalue weighted by molar-refractivity contribution is 5.75. The van der Waals surface area contributed by atoms with Gasteiger partial charge in [0.1, 0.15) is 6.54 Å². The number of carboxylic acid groups (broad SMARTS) is 1. The Balaban J connectivity index is 0.000000941. The maximum Gasteiger partial charge on any atom is 0.307 e. The summed E-state index contributed by atoms with van der Waals surface area (Å²) in [5, 5.41) is 14.3. The zero-order valence-electron chi connectivity index (χ0n) is 17.5. The first-order chi connectivity index (χ1) is 13.9. The number of rotatable bonds is 8. The lowest BCUT2D eigenvalue weighted by atomic mass is 10.1. The molecule has 1 aliphatic heterocycles. The van der Waals surface area contributed by atoms with Crippen LogP contribution in [0.15, 0.2) is 6.07 Å². The lowest BCUT2D eigenvalue weighted by molar-refractivity contribution is -0.142. The molecule has 162 valence electrons. The van der Waals surface area contributed by atoms with Crippen LogP contribution in [0.3, 0.4) is 0 Å². The van der Waals surface area contributed by atoms with Crippen molar-refractivity contribution in [3.05, 3.63) is 17.5 Å². The zero-order chi connectivity index (χ0) is 21.4. The Morgan fingerprint density at radius 3 is 2.48 bits per heavy atom. The van der Waals surface area contributed by atoms with E-state index in [-0.39, 0.29) is 30.9 Å². The monoisotopic (exact) mass is 408 g/mol. The SMILES string of the molecule is COC(=O)C[C@H]1CC[C@@H](CNC(=O)Cn2nc(C)cc2C)N1CC1CC1.O=CO. The first-order valence-electron chi connectivity index (χ1n) is 10.1. The fourth-order valence-electron chi connectivity index (χ4n) is 3.88. The van der Waals surface area contributed by atoms with Gasteiger partial charge in [-0.2, -0.15) is 5.10 Å². The van der Waals surface area contributed by atoms with E-state index < -0.39 is 0 Å². The summed E-state index contributed by atoms with van der Waals surface area (Å²) in [5.74, 6) is 0.588. The standard InChI is InChI=1S/C19H30N4O3.CH2O2/c1-13-8-14(2)23(21-13)12-18(24)20-10-17-7-6-16(9-19(25)26-3)22(17)11-15-4-5-15;2-1-3/h8,15-17H,4-7,9-12H2,1-3H3,(H,20,24);1H,(H,2,3)/t16-,17+;/m1./s1. The highest BCUT2D eigenvalue weighted by Gasteiger charge is 2.38. The number of nitrogens with one attached hydrogen (secondary N) is 1. The normalized spacial score (nSPS) is 21.2. The van der Waals surface area contributed by atoms with Crippen LogP contribution in [-0.4, -0.2) is 70.4 Å². The molecule has 2 heterocycles. The van der Waals surface area contributed by atoms with Crippen molar-refractivity contribution in [1.82, 2.24) is 20.0 Å². The molecule has 0 spiro atoms. The third-order valence-electron chi connectivity index (χ3n) is 5.50. The molecule has 2 atom stereocenters. The third kappa shape index (κ3) is 7.16. The maximum atomic E-state index is 12.3. The van der Waals surface area contributed by atoms with Gasteiger partial charge in [0, 0.05) is 30.9 Å². The summed E-state index contributed by atoms with van der Waals surface area (Å²) in [7, 11) is 1.44. The molecule has 1 aliphatic carbocycles. The minimum absolute atomic E-state index is 0.0148. The molecule has 9 heteroatoms. The minimum atomic E-state index is -0.250. The van der Waals surface area contributed by atoms with E-state index in [4.69, 9.17) is 14.6 Å². The van der Waals surface area contributed by atoms with Crippen molar-refractivity contribution in [3.63, 3.8) is 0 Å². The maximum absolute atomic E-state index is 12.3. The molecule has 1 amide bonds. The van der Waals surface area contributed by atoms with E-state index in [1.54, 1.807) is 4.68 Å². The summed E-state index contributed by atoms with van der Waals surface area (Å²) >= 11 is 0. The summed E-state index contributed by atoms with van der Waals surface area (Å²) < 4.78 is 6.59. The topological polar surface area (TPSA) is 114 Å². The molecule has 3 rings (SSSR count). The van der Waals surface area contributed by atoms with Crippen molar-refractivity contribution in [2.24, 2.45) is 5.92 Å². The first kappa shape index (κ1) is 22.9. The molecular formula is C20H32N4O5. The predicted molar refractivity (Wildman–Crippen MR) is 106 cm³/mol. The van der Waals surface area contributed by atoms with Crippen molar-refractivity contribution in [2.45, 2.75) is 64.6 Å². The summed E-state index contributed by atoms with van der Waals surface area (Å²) in [5.41, 5.74) is 1.92. The van der Waals surface area contributed by atoms with Crippen LogP contribution in [0.2, 0.25) is 0 Å². The van der Waals surface area contributed by atoms with Crippen LogP contribution in [-0.2, 0) is 25.7 Å². The molecule has 9 nitrogen and oxygen atoms in total. The number of carbonyl (C=O) groups excluding carboxylic acids is 2. The molecule has 2 N–H and O–H groups in total. The van der Waals surface area contributed by atoms with Crippen molar-refractivity contribution in [3.8, 4) is 0 Å². The Morgan fingerprint density at radius 2 is 1.93 bits per heavy atom. The smallest absolute Gasteiger partial charge is 0.307 e. The minimum Gasteiger partial charge on any atom is -0.483 e. The molecule has 0 radical (unpaired) electrons. The summed E-state index contributed by atoms with van der Waals surface area (Å²) in [6.07, 6.45) is 4.99. The highest BCUT2D eigenvalue weighted by Crippen LogP contribution is 2.35. The average Bonchev–Trinajstić information content (AvgIpc) is 3.34. The van der Waals surface area contributed by atoms with Gasteiger partial charge in [-0.1, -0.05) is 0 Å². The van der Waals surface area contributed by atoms with E-state index in [0.29, 0.717) is 19.0 Å². The largest absolute Gasteiger partial charge is 0.483 e. The van der Waals surface area contributed by atoms with Gasteiger partial charge >= 0.3 is 5.97 Å². The van der Waals surface area contributed by atoms with Gasteiger partial charge in [0.15, 0.2) is 0 Å². The fraction of sp³-hybridized carbons (Fsp3) is 0.700. The van der Waals surface area contributed by atoms with E-state index in [2.05, 4.69) is 15.3 Å². The van der Waals surface area contributed by atoms with Crippen LogP contribution < -0.4 is 5.32 Å². The van der Waals surface area contributed by atoms with Crippen molar-refractivity contribution < 1.29 is 24.2 Å². The molecule has 2 fully saturated rings. The van der Waals surface area contributed by atoms with E-state index >= 15 is 0 Å². The van der Waals surface area contributed by atoms with Crippen LogP contribution in [0.4, 0.5) is 0 Å². The molecule has 0 bridgehead atoms. The van der Waals surface area contributed by atoms with Gasteiger partial charge in [0.05, 0.1) is 19.2 Å². The Hall–Kier alpha value is -2.42. The lowest BCUT2D eigenvalue weighted by Crippen LogP contribution is -2.45. The molecule has 1 saturated heterocycles. The number of hydrogen-bond donors (Lipinski definition) is 2. The Kier molecular flexibility index (Phi) is 8.63. The third-order valence-corrected chi connectivity index (χ3v) is 5.50. The number of carbonyl (C=O) groups is 3. The van der Waals surface area contributed by atoms with E-state index in [1.807, 2.05) is 19.9 Å². The second-order valence-corrected chi connectivity index (χ2v) is 7.80. The van der Waals surface area contributed by atoms with Gasteiger partial charge in [0.2, 0.25) is 5.91 Å². The van der Waals surface area contributed by atoms with Crippen LogP contribution in [0.1, 0.15) is 43.5 Å². The van der Waals surface area contributed by atoms with Gasteiger partial charge in [-0.15, -0.1) is 0 Å². The number of methoxy groups -OCH3 is 1. The summed E-state index contributed by atoms with van der Waals surface area (Å²) in [6.45, 7) is 5.54. The number of nitrogens with zero attached hydrogens (tertiary/aromatic N) is 3. The van der Waals surface area contributed by atoms with Gasteiger partial charge < -0.3 is 15.2 Å². The summed E-state index contributed by atoms with van der Waals surface area (Å²) in [6, 6.07) is 2.51. The molecule has 1 aromatic heterocycles. The van der Waals surface area contributed by atoms with Gasteiger partial charge in [-0.25, -0.2) is 0 Å². The second kappa shape index (κ2) is 10.9. The van der Waals surface area contributed by atoms with E-state index in [0.717, 1.165) is 36.7 Å². The summed E-state index contributed by atoms with van der Waals surface area (Å²) in [4.78, 5) is 34.8. The Labute approximate surface area is 171 Å². The number of hydrogen-bond acceptors (Lipinski definition) is 6. The second-order valence-electron chi connectivity index (χ2n) is 7.80. The van der Waals surface area contributed by atoms with Gasteiger partial charge in [0.25, 0.3) is 6.47 Å². The van der Waals surface area contributed by atoms with Gasteiger partial charge in [-0.05, 0) is 51.5 Å². The van der Waals surface area contributed by atoms with Crippen LogP contribution in [0.5, 0.6) is 0 Å². The van der Waals surface area contributed by atoms with Crippen LogP contribution >= 0.6 is 0 Å². The quantitative estimate of drug-likeness (QED) is 0.489. The molecular weight excluding hydrogens is 376 g/mol. The van der Waals surface area contributed by atoms with E-state index in [9.17, 15) is 9.59 Å². The molecule has 0 aromatic carbocycles. The first-order valence-corrected chi connectivity index (χ1v) is 10.1. The zero-order valence-corrected chi connectivity index (χ0v) is 17.5. The van der Waals surface area contributed by atoms with Crippen LogP contribution in [0.25, 0.3) is 0 Å². The Bertz CT molecular complexity index is 701. The number of aryl methyl sites for hydroxylation is 2. The average molecular weight is 408 g/mol. The highest BCUT2D eigenvalue weighted by atomic mass is 16.5. The molecule has 2 aliphatic rings. The van der Waals surface area contributed by atoms with Gasteiger partial charge in [-0.3, -0.25) is 24.0 Å². The predicted octanol–water partition coefficient (Wildman–Crippen LogP) is 1.12. The van der Waals surface area contributed by atoms with Crippen molar-refractivity contribution >= 4 is 18.3 Å². The Morgan fingerprint density at radius 1 is 1.28 bits per heavy atom. The number of esters is 1. The molecule has 1 saturated carbocycles. The molecule has 1 aromatic rings. The molecule has 0 unspecified atom stereocenters. The number of amides is 1. The fourth-order valence-corrected chi connectivity index (χ4v) is 3.88. The number of likely N-dealkylation sites (tertiary alicyclic amines) is 1. The molecule has 29 heavy (non-hydrogen) atoms. The lowest BCUT2D eigenvalue weighted by Gasteiger charge is -2.30. The van der Waals surface area contributed by atoms with Crippen molar-refractivity contribution in [2.75, 3.05) is 20.2 Å². The number of ether oxygens (including phenoxy) is 1. The van der Waals surface area contributed by atoms with E-state index in [1.165, 1.54) is 20.0 Å². The van der Waals surface area contributed by atoms with Crippen molar-refractivity contribution in [1.29, 1.82) is 0 Å². The number of aromatic nitrogens is 2.